The van der Waals surface area contributed by atoms with Crippen LogP contribution < -0.4 is 16.0 Å². The van der Waals surface area contributed by atoms with E-state index in [2.05, 4.69) is 16.0 Å². The van der Waals surface area contributed by atoms with Crippen LogP contribution in [0.15, 0.2) is 42.5 Å². The fourth-order valence-corrected chi connectivity index (χ4v) is 2.43. The minimum atomic E-state index is -4.52. The molecule has 0 aliphatic heterocycles. The Labute approximate surface area is 147 Å². The Balaban J connectivity index is 1.66. The van der Waals surface area contributed by atoms with Crippen LogP contribution in [0.2, 0.25) is 5.02 Å². The van der Waals surface area contributed by atoms with Gasteiger partial charge in [0.2, 0.25) is 0 Å². The van der Waals surface area contributed by atoms with E-state index < -0.39 is 11.7 Å². The molecule has 3 rings (SSSR count). The highest BCUT2D eigenvalue weighted by atomic mass is 35.5. The third-order valence-corrected chi connectivity index (χ3v) is 3.95. The molecule has 0 bridgehead atoms. The topological polar surface area (TPSA) is 53.2 Å². The van der Waals surface area contributed by atoms with Crippen molar-refractivity contribution < 1.29 is 18.0 Å². The Hall–Kier alpha value is -2.41. The third-order valence-electron chi connectivity index (χ3n) is 3.62. The molecule has 0 heterocycles. The van der Waals surface area contributed by atoms with Crippen molar-refractivity contribution in [3.05, 3.63) is 53.1 Å². The van der Waals surface area contributed by atoms with Crippen molar-refractivity contribution in [2.75, 3.05) is 10.6 Å². The number of urea groups is 1. The zero-order valence-electron chi connectivity index (χ0n) is 13.0. The Kier molecular flexibility index (Phi) is 4.76. The summed E-state index contributed by atoms with van der Waals surface area (Å²) in [5, 5.41) is 8.03. The molecule has 0 radical (unpaired) electrons. The second kappa shape index (κ2) is 6.84. The number of amides is 2. The maximum absolute atomic E-state index is 12.9. The van der Waals surface area contributed by atoms with Crippen LogP contribution in [0.4, 0.5) is 35.0 Å². The van der Waals surface area contributed by atoms with Crippen molar-refractivity contribution in [3.63, 3.8) is 0 Å². The first-order valence-corrected chi connectivity index (χ1v) is 8.00. The summed E-state index contributed by atoms with van der Waals surface area (Å²) in [6, 6.07) is 10.3. The largest absolute Gasteiger partial charge is 0.417 e. The summed E-state index contributed by atoms with van der Waals surface area (Å²) in [5.74, 6) is 0. The molecule has 0 spiro atoms. The van der Waals surface area contributed by atoms with E-state index in [0.717, 1.165) is 18.9 Å². The van der Waals surface area contributed by atoms with Crippen LogP contribution in [0.5, 0.6) is 0 Å². The molecule has 132 valence electrons. The quantitative estimate of drug-likeness (QED) is 0.677. The van der Waals surface area contributed by atoms with Crippen LogP contribution in [-0.2, 0) is 6.18 Å². The minimum Gasteiger partial charge on any atom is -0.356 e. The number of hydrogen-bond donors (Lipinski definition) is 3. The summed E-state index contributed by atoms with van der Waals surface area (Å²) in [7, 11) is 0. The highest BCUT2D eigenvalue weighted by molar-refractivity contribution is 6.31. The van der Waals surface area contributed by atoms with Crippen molar-refractivity contribution in [1.29, 1.82) is 0 Å². The summed E-state index contributed by atoms with van der Waals surface area (Å²) in [4.78, 5) is 11.6. The Bertz CT molecular complexity index is 774. The molecule has 0 unspecified atom stereocenters. The van der Waals surface area contributed by atoms with Crippen molar-refractivity contribution in [2.24, 2.45) is 0 Å². The van der Waals surface area contributed by atoms with E-state index >= 15 is 0 Å². The molecule has 8 heteroatoms. The number of hydrogen-bond acceptors (Lipinski definition) is 2. The van der Waals surface area contributed by atoms with Gasteiger partial charge in [-0.1, -0.05) is 11.6 Å². The van der Waals surface area contributed by atoms with Gasteiger partial charge in [0, 0.05) is 23.1 Å². The van der Waals surface area contributed by atoms with E-state index in [-0.39, 0.29) is 22.8 Å². The molecule has 2 aromatic rings. The van der Waals surface area contributed by atoms with Gasteiger partial charge in [0.1, 0.15) is 0 Å². The van der Waals surface area contributed by atoms with Crippen molar-refractivity contribution in [2.45, 2.75) is 25.1 Å². The molecule has 0 aromatic heterocycles. The molecule has 3 N–H and O–H groups in total. The average Bonchev–Trinajstić information content (AvgIpc) is 3.34. The maximum Gasteiger partial charge on any atom is 0.417 e. The molecule has 1 aliphatic rings. The summed E-state index contributed by atoms with van der Waals surface area (Å²) in [6.45, 7) is 0. The van der Waals surface area contributed by atoms with Crippen LogP contribution in [0.25, 0.3) is 0 Å². The third kappa shape index (κ3) is 4.79. The molecule has 0 saturated heterocycles. The van der Waals surface area contributed by atoms with Crippen LogP contribution in [0.1, 0.15) is 18.4 Å². The predicted octanol–water partition coefficient (Wildman–Crippen LogP) is 5.39. The zero-order valence-corrected chi connectivity index (χ0v) is 13.7. The molecule has 2 amide bonds. The number of benzene rings is 2. The molecule has 1 fully saturated rings. The van der Waals surface area contributed by atoms with E-state index in [4.69, 9.17) is 11.6 Å². The van der Waals surface area contributed by atoms with Gasteiger partial charge in [-0.3, -0.25) is 0 Å². The summed E-state index contributed by atoms with van der Waals surface area (Å²) >= 11 is 5.60. The van der Waals surface area contributed by atoms with Crippen molar-refractivity contribution in [1.82, 2.24) is 5.32 Å². The highest BCUT2D eigenvalue weighted by Crippen LogP contribution is 2.36. The van der Waals surface area contributed by atoms with Crippen LogP contribution in [0.3, 0.4) is 0 Å². The Morgan fingerprint density at radius 1 is 1.00 bits per heavy atom. The van der Waals surface area contributed by atoms with Gasteiger partial charge in [-0.05, 0) is 55.3 Å². The van der Waals surface area contributed by atoms with Gasteiger partial charge in [-0.2, -0.15) is 13.2 Å². The SMILES string of the molecule is O=C(Nc1ccc(Nc2ccc(Cl)c(C(F)(F)F)c2)cc1)NC1CC1. The van der Waals surface area contributed by atoms with Gasteiger partial charge in [-0.15, -0.1) is 0 Å². The molecule has 0 atom stereocenters. The molecule has 1 saturated carbocycles. The predicted molar refractivity (Wildman–Crippen MR) is 91.4 cm³/mol. The molecule has 4 nitrogen and oxygen atoms in total. The van der Waals surface area contributed by atoms with Gasteiger partial charge < -0.3 is 16.0 Å². The monoisotopic (exact) mass is 369 g/mol. The Morgan fingerprint density at radius 2 is 1.60 bits per heavy atom. The maximum atomic E-state index is 12.9. The molecule has 1 aliphatic carbocycles. The molecular formula is C17H15ClF3N3O. The smallest absolute Gasteiger partial charge is 0.356 e. The second-order valence-electron chi connectivity index (χ2n) is 5.77. The van der Waals surface area contributed by atoms with Crippen LogP contribution in [-0.4, -0.2) is 12.1 Å². The van der Waals surface area contributed by atoms with Crippen LogP contribution in [0, 0.1) is 0 Å². The van der Waals surface area contributed by atoms with Crippen molar-refractivity contribution >= 4 is 34.7 Å². The van der Waals surface area contributed by atoms with Gasteiger partial charge in [0.05, 0.1) is 10.6 Å². The Morgan fingerprint density at radius 3 is 2.20 bits per heavy atom. The van der Waals surface area contributed by atoms with Gasteiger partial charge in [-0.25, -0.2) is 4.79 Å². The van der Waals surface area contributed by atoms with E-state index in [1.807, 2.05) is 0 Å². The lowest BCUT2D eigenvalue weighted by Gasteiger charge is -2.13. The second-order valence-corrected chi connectivity index (χ2v) is 6.17. The molecule has 25 heavy (non-hydrogen) atoms. The van der Waals surface area contributed by atoms with Gasteiger partial charge >= 0.3 is 12.2 Å². The highest BCUT2D eigenvalue weighted by Gasteiger charge is 2.33. The first-order valence-electron chi connectivity index (χ1n) is 7.62. The van der Waals surface area contributed by atoms with E-state index in [1.54, 1.807) is 24.3 Å². The lowest BCUT2D eigenvalue weighted by molar-refractivity contribution is -0.137. The number of anilines is 3. The van der Waals surface area contributed by atoms with E-state index in [0.29, 0.717) is 11.4 Å². The summed E-state index contributed by atoms with van der Waals surface area (Å²) in [5.41, 5.74) is 0.553. The number of alkyl halides is 3. The number of halogens is 4. The van der Waals surface area contributed by atoms with Gasteiger partial charge in [0.15, 0.2) is 0 Å². The minimum absolute atomic E-state index is 0.258. The van der Waals surface area contributed by atoms with E-state index in [1.165, 1.54) is 12.1 Å². The van der Waals surface area contributed by atoms with E-state index in [9.17, 15) is 18.0 Å². The molecule has 2 aromatic carbocycles. The first-order chi connectivity index (χ1) is 11.8. The fraction of sp³-hybridized carbons (Fsp3) is 0.235. The lowest BCUT2D eigenvalue weighted by atomic mass is 10.2. The number of carbonyl (C=O) groups is 1. The molecular weight excluding hydrogens is 355 g/mol. The number of nitrogens with one attached hydrogen (secondary N) is 3. The zero-order chi connectivity index (χ0) is 18.0. The normalized spacial score (nSPS) is 14.1. The first kappa shape index (κ1) is 17.4. The summed E-state index contributed by atoms with van der Waals surface area (Å²) < 4.78 is 38.6. The average molecular weight is 370 g/mol. The van der Waals surface area contributed by atoms with Crippen LogP contribution >= 0.6 is 11.6 Å². The number of rotatable bonds is 4. The standard InChI is InChI=1S/C17H15ClF3N3O/c18-15-8-7-13(9-14(15)17(19,20)21)22-10-1-3-11(4-2-10)23-16(25)24-12-5-6-12/h1-4,7-9,12,22H,5-6H2,(H2,23,24,25). The summed E-state index contributed by atoms with van der Waals surface area (Å²) in [6.07, 6.45) is -2.52. The lowest BCUT2D eigenvalue weighted by Crippen LogP contribution is -2.30. The fourth-order valence-electron chi connectivity index (χ4n) is 2.20. The van der Waals surface area contributed by atoms with Gasteiger partial charge in [0.25, 0.3) is 0 Å². The van der Waals surface area contributed by atoms with Crippen molar-refractivity contribution in [3.8, 4) is 0 Å². The number of carbonyl (C=O) groups excluding carboxylic acids is 1.